The zero-order chi connectivity index (χ0) is 21.4. The topological polar surface area (TPSA) is 58.2 Å². The Morgan fingerprint density at radius 2 is 1.16 bits per heavy atom. The summed E-state index contributed by atoms with van der Waals surface area (Å²) in [5.41, 5.74) is 4.80. The lowest BCUT2D eigenvalue weighted by Gasteiger charge is -2.14. The van der Waals surface area contributed by atoms with Gasteiger partial charge in [-0.25, -0.2) is 0 Å². The second kappa shape index (κ2) is 8.03. The number of hydrogen-bond donors (Lipinski definition) is 2. The molecule has 0 unspecified atom stereocenters. The molecule has 5 rings (SSSR count). The molecule has 2 N–H and O–H groups in total. The number of benzene rings is 3. The van der Waals surface area contributed by atoms with Crippen LogP contribution in [-0.4, -0.2) is 11.8 Å². The molecule has 2 aliphatic carbocycles. The molecule has 4 atom stereocenters. The predicted molar refractivity (Wildman–Crippen MR) is 123 cm³/mol. The maximum atomic E-state index is 12.9. The smallest absolute Gasteiger partial charge is 0.228 e. The minimum absolute atomic E-state index is 0.0155. The van der Waals surface area contributed by atoms with Crippen LogP contribution in [-0.2, 0) is 9.59 Å². The molecule has 3 aromatic carbocycles. The first-order chi connectivity index (χ1) is 15.1. The lowest BCUT2D eigenvalue weighted by molar-refractivity contribution is -0.118. The number of hydrogen-bond acceptors (Lipinski definition) is 2. The molecule has 0 heterocycles. The number of carbonyl (C=O) groups is 2. The zero-order valence-electron chi connectivity index (χ0n) is 17.5. The molecule has 4 nitrogen and oxygen atoms in total. The van der Waals surface area contributed by atoms with Crippen LogP contribution in [0.5, 0.6) is 0 Å². The van der Waals surface area contributed by atoms with Crippen LogP contribution in [0.4, 0.5) is 11.4 Å². The lowest BCUT2D eigenvalue weighted by atomic mass is 10.1. The van der Waals surface area contributed by atoms with Crippen molar-refractivity contribution in [3.63, 3.8) is 0 Å². The monoisotopic (exact) mass is 410 g/mol. The fourth-order valence-corrected chi connectivity index (χ4v) is 4.43. The van der Waals surface area contributed by atoms with E-state index in [-0.39, 0.29) is 35.5 Å². The van der Waals surface area contributed by atoms with Gasteiger partial charge in [0.15, 0.2) is 0 Å². The molecule has 4 heteroatoms. The van der Waals surface area contributed by atoms with Crippen molar-refractivity contribution in [1.82, 2.24) is 0 Å². The molecular formula is C27H26N2O2. The van der Waals surface area contributed by atoms with Crippen molar-refractivity contribution < 1.29 is 9.59 Å². The Morgan fingerprint density at radius 3 is 1.68 bits per heavy atom. The Hall–Kier alpha value is -3.40. The number of aryl methyl sites for hydroxylation is 1. The minimum atomic E-state index is -0.0163. The van der Waals surface area contributed by atoms with Crippen molar-refractivity contribution in [2.75, 3.05) is 10.6 Å². The van der Waals surface area contributed by atoms with Crippen LogP contribution in [0.1, 0.15) is 41.4 Å². The van der Waals surface area contributed by atoms with Crippen LogP contribution < -0.4 is 10.6 Å². The first-order valence-electron chi connectivity index (χ1n) is 10.9. The highest BCUT2D eigenvalue weighted by molar-refractivity contribution is 6.02. The van der Waals surface area contributed by atoms with E-state index in [1.54, 1.807) is 0 Å². The Bertz CT molecular complexity index is 1110. The van der Waals surface area contributed by atoms with Gasteiger partial charge in [-0.1, -0.05) is 66.7 Å². The fourth-order valence-electron chi connectivity index (χ4n) is 4.43. The van der Waals surface area contributed by atoms with Crippen molar-refractivity contribution in [3.8, 4) is 0 Å². The van der Waals surface area contributed by atoms with Gasteiger partial charge in [0.1, 0.15) is 0 Å². The molecular weight excluding hydrogens is 384 g/mol. The van der Waals surface area contributed by atoms with Crippen molar-refractivity contribution in [3.05, 3.63) is 95.6 Å². The predicted octanol–water partition coefficient (Wildman–Crippen LogP) is 5.48. The standard InChI is InChI=1S/C27H26N2O2/c1-17-12-13-24(28-26(30)22-15-20(22)18-8-4-2-5-9-18)25(14-17)29-27(31)23-16-21(23)19-10-6-3-7-11-19/h2-14,20-23H,15-16H2,1H3,(H,28,30)(H,29,31)/t20-,21-,22-,23+/m1/s1. The van der Waals surface area contributed by atoms with E-state index in [1.807, 2.05) is 61.5 Å². The molecule has 0 aliphatic heterocycles. The molecule has 2 aliphatic rings. The van der Waals surface area contributed by atoms with E-state index < -0.39 is 0 Å². The summed E-state index contributed by atoms with van der Waals surface area (Å²) in [6, 6.07) is 26.1. The summed E-state index contributed by atoms with van der Waals surface area (Å²) in [6.07, 6.45) is 1.73. The molecule has 0 aromatic heterocycles. The average Bonchev–Trinajstić information content (AvgIpc) is 3.70. The SMILES string of the molecule is Cc1ccc(NC(=O)[C@@H]2C[C@@H]2c2ccccc2)c(NC(=O)[C@H]2C[C@@H]2c2ccccc2)c1. The van der Waals surface area contributed by atoms with Crippen molar-refractivity contribution in [2.45, 2.75) is 31.6 Å². The third kappa shape index (κ3) is 4.24. The van der Waals surface area contributed by atoms with E-state index in [0.717, 1.165) is 18.4 Å². The van der Waals surface area contributed by atoms with Crippen LogP contribution in [0.2, 0.25) is 0 Å². The molecule has 0 bridgehead atoms. The number of carbonyl (C=O) groups excluding carboxylic acids is 2. The highest BCUT2D eigenvalue weighted by Gasteiger charge is 2.45. The Labute approximate surface area is 182 Å². The quantitative estimate of drug-likeness (QED) is 0.565. The Morgan fingerprint density at radius 1 is 0.677 bits per heavy atom. The van der Waals surface area contributed by atoms with Gasteiger partial charge in [0, 0.05) is 11.8 Å². The van der Waals surface area contributed by atoms with E-state index in [2.05, 4.69) is 34.9 Å². The van der Waals surface area contributed by atoms with Gasteiger partial charge in [-0.2, -0.15) is 0 Å². The second-order valence-corrected chi connectivity index (χ2v) is 8.75. The van der Waals surface area contributed by atoms with Crippen molar-refractivity contribution in [1.29, 1.82) is 0 Å². The molecule has 3 aromatic rings. The largest absolute Gasteiger partial charge is 0.324 e. The molecule has 31 heavy (non-hydrogen) atoms. The third-order valence-electron chi connectivity index (χ3n) is 6.40. The normalized spacial score (nSPS) is 23.6. The first kappa shape index (κ1) is 19.6. The van der Waals surface area contributed by atoms with E-state index >= 15 is 0 Å². The summed E-state index contributed by atoms with van der Waals surface area (Å²) in [5, 5.41) is 6.12. The third-order valence-corrected chi connectivity index (χ3v) is 6.40. The van der Waals surface area contributed by atoms with E-state index in [0.29, 0.717) is 11.4 Å². The molecule has 2 fully saturated rings. The van der Waals surface area contributed by atoms with Crippen LogP contribution in [0, 0.1) is 18.8 Å². The summed E-state index contributed by atoms with van der Waals surface area (Å²) < 4.78 is 0. The number of amides is 2. The van der Waals surface area contributed by atoms with E-state index in [9.17, 15) is 9.59 Å². The van der Waals surface area contributed by atoms with Gasteiger partial charge in [-0.3, -0.25) is 9.59 Å². The molecule has 0 radical (unpaired) electrons. The van der Waals surface area contributed by atoms with Crippen LogP contribution in [0.15, 0.2) is 78.9 Å². The van der Waals surface area contributed by atoms with Crippen molar-refractivity contribution in [2.24, 2.45) is 11.8 Å². The summed E-state index contributed by atoms with van der Waals surface area (Å²) >= 11 is 0. The minimum Gasteiger partial charge on any atom is -0.324 e. The molecule has 2 amide bonds. The summed E-state index contributed by atoms with van der Waals surface area (Å²) in [4.78, 5) is 25.7. The maximum Gasteiger partial charge on any atom is 0.228 e. The Balaban J connectivity index is 1.25. The number of nitrogens with one attached hydrogen (secondary N) is 2. The van der Waals surface area contributed by atoms with Gasteiger partial charge in [0.25, 0.3) is 0 Å². The first-order valence-corrected chi connectivity index (χ1v) is 10.9. The molecule has 156 valence electrons. The molecule has 2 saturated carbocycles. The van der Waals surface area contributed by atoms with Gasteiger partial charge >= 0.3 is 0 Å². The van der Waals surface area contributed by atoms with Gasteiger partial charge in [0.05, 0.1) is 11.4 Å². The van der Waals surface area contributed by atoms with Crippen molar-refractivity contribution >= 4 is 23.2 Å². The highest BCUT2D eigenvalue weighted by atomic mass is 16.2. The van der Waals surface area contributed by atoms with Crippen LogP contribution >= 0.6 is 0 Å². The summed E-state index contributed by atoms with van der Waals surface area (Å²) in [7, 11) is 0. The highest BCUT2D eigenvalue weighted by Crippen LogP contribution is 2.49. The lowest BCUT2D eigenvalue weighted by Crippen LogP contribution is -2.19. The van der Waals surface area contributed by atoms with Crippen LogP contribution in [0.25, 0.3) is 0 Å². The van der Waals surface area contributed by atoms with Gasteiger partial charge < -0.3 is 10.6 Å². The maximum absolute atomic E-state index is 12.9. The Kier molecular flexibility index (Phi) is 5.06. The summed E-state index contributed by atoms with van der Waals surface area (Å²) in [5.74, 6) is 0.561. The molecule has 0 spiro atoms. The molecule has 0 saturated heterocycles. The zero-order valence-corrected chi connectivity index (χ0v) is 17.5. The summed E-state index contributed by atoms with van der Waals surface area (Å²) in [6.45, 7) is 1.98. The van der Waals surface area contributed by atoms with Gasteiger partial charge in [-0.15, -0.1) is 0 Å². The number of anilines is 2. The fraction of sp³-hybridized carbons (Fsp3) is 0.259. The average molecular weight is 411 g/mol. The van der Waals surface area contributed by atoms with Crippen LogP contribution in [0.3, 0.4) is 0 Å². The van der Waals surface area contributed by atoms with E-state index in [1.165, 1.54) is 11.1 Å². The second-order valence-electron chi connectivity index (χ2n) is 8.75. The van der Waals surface area contributed by atoms with Gasteiger partial charge in [-0.05, 0) is 60.4 Å². The van der Waals surface area contributed by atoms with Gasteiger partial charge in [0.2, 0.25) is 11.8 Å². The van der Waals surface area contributed by atoms with E-state index in [4.69, 9.17) is 0 Å². The number of rotatable bonds is 6.